The summed E-state index contributed by atoms with van der Waals surface area (Å²) in [5, 5.41) is 68.5. The lowest BCUT2D eigenvalue weighted by atomic mass is 10.1. The Bertz CT molecular complexity index is 6120. The van der Waals surface area contributed by atoms with Crippen molar-refractivity contribution in [2.75, 3.05) is 110 Å². The topological polar surface area (TPSA) is 580 Å². The number of esters is 3. The first kappa shape index (κ1) is 111. The number of aromatic amines is 1. The highest BCUT2D eigenvalue weighted by Gasteiger charge is 2.39. The van der Waals surface area contributed by atoms with Crippen LogP contribution in [0.25, 0.3) is 33.8 Å². The molecule has 8 N–H and O–H groups in total. The summed E-state index contributed by atoms with van der Waals surface area (Å²) in [7, 11) is 5.07. The summed E-state index contributed by atoms with van der Waals surface area (Å²) < 4.78 is 42.1. The summed E-state index contributed by atoms with van der Waals surface area (Å²) in [4.78, 5) is 143. The van der Waals surface area contributed by atoms with E-state index in [1.165, 1.54) is 49.5 Å². The third-order valence-electron chi connectivity index (χ3n) is 20.7. The number of carbonyl (C=O) groups is 8. The number of aliphatic hydroxyl groups excluding tert-OH is 2. The van der Waals surface area contributed by atoms with Gasteiger partial charge in [-0.05, 0) is 193 Å². The second kappa shape index (κ2) is 50.2. The maximum Gasteiger partial charge on any atom is 0.410 e. The summed E-state index contributed by atoms with van der Waals surface area (Å²) in [6.07, 6.45) is 21.2. The van der Waals surface area contributed by atoms with E-state index in [-0.39, 0.29) is 94.3 Å². The van der Waals surface area contributed by atoms with Crippen molar-refractivity contribution in [1.29, 1.82) is 0 Å². The highest BCUT2D eigenvalue weighted by molar-refractivity contribution is 6.64. The molecule has 0 atom stereocenters. The van der Waals surface area contributed by atoms with Crippen molar-refractivity contribution < 1.29 is 91.6 Å². The first-order valence-corrected chi connectivity index (χ1v) is 45.7. The van der Waals surface area contributed by atoms with Crippen LogP contribution in [0.3, 0.4) is 0 Å². The predicted octanol–water partition coefficient (Wildman–Crippen LogP) is 13.7. The number of aryl methyl sites for hydroxylation is 3. The number of rotatable bonds is 17. The number of anilines is 5. The number of methoxy groups -OCH3 is 3. The van der Waals surface area contributed by atoms with Gasteiger partial charge in [-0.25, -0.2) is 63.5 Å². The zero-order chi connectivity index (χ0) is 105. The Morgan fingerprint density at radius 2 is 0.776 bits per heavy atom. The van der Waals surface area contributed by atoms with E-state index in [1.54, 1.807) is 132 Å². The van der Waals surface area contributed by atoms with Gasteiger partial charge in [-0.3, -0.25) is 48.8 Å². The molecule has 5 aliphatic heterocycles. The molecule has 1 aliphatic carbocycles. The number of nitrogens with zero attached hydrogens (tertiary/aromatic N) is 21. The fourth-order valence-electron chi connectivity index (χ4n) is 12.9. The summed E-state index contributed by atoms with van der Waals surface area (Å²) in [6, 6.07) is 21.9. The molecule has 3 aromatic carbocycles. The van der Waals surface area contributed by atoms with E-state index < -0.39 is 32.3 Å². The number of H-pyrrole nitrogens is 1. The third kappa shape index (κ3) is 34.3. The van der Waals surface area contributed by atoms with Gasteiger partial charge in [0.05, 0.1) is 150 Å². The van der Waals surface area contributed by atoms with E-state index in [4.69, 9.17) is 67.6 Å². The largest absolute Gasteiger partial charge is 0.465 e. The second-order valence-corrected chi connectivity index (χ2v) is 37.7. The summed E-state index contributed by atoms with van der Waals surface area (Å²) in [5.74, 6) is 0.0544. The van der Waals surface area contributed by atoms with Crippen molar-refractivity contribution in [2.24, 2.45) is 5.92 Å². The summed E-state index contributed by atoms with van der Waals surface area (Å²) in [6.45, 7) is 33.7. The number of nitro groups is 2. The minimum absolute atomic E-state index is 0.00926. The predicted molar refractivity (Wildman–Crippen MR) is 525 cm³/mol. The maximum atomic E-state index is 12.1. The minimum atomic E-state index is -0.521. The van der Waals surface area contributed by atoms with Crippen LogP contribution >= 0.6 is 23.2 Å². The minimum Gasteiger partial charge on any atom is -0.465 e. The lowest BCUT2D eigenvalue weighted by Gasteiger charge is -2.39. The number of hydrogen-bond acceptors (Lipinski definition) is 36. The Labute approximate surface area is 834 Å². The van der Waals surface area contributed by atoms with Gasteiger partial charge in [-0.1, -0.05) is 36.4 Å². The molecule has 1 saturated carbocycles. The van der Waals surface area contributed by atoms with Crippen molar-refractivity contribution in [3.8, 4) is 33.8 Å². The van der Waals surface area contributed by atoms with E-state index in [0.29, 0.717) is 92.7 Å². The number of benzene rings is 3. The van der Waals surface area contributed by atoms with Crippen LogP contribution in [0, 0.1) is 46.9 Å². The van der Waals surface area contributed by atoms with Crippen LogP contribution in [-0.4, -0.2) is 289 Å². The monoisotopic (exact) mass is 2020 g/mol. The first-order chi connectivity index (χ1) is 67.5. The van der Waals surface area contributed by atoms with Crippen molar-refractivity contribution in [3.05, 3.63) is 212 Å². The average Bonchev–Trinajstić information content (AvgIpc) is 1.69. The van der Waals surface area contributed by atoms with Crippen molar-refractivity contribution in [2.45, 2.75) is 169 Å². The van der Waals surface area contributed by atoms with E-state index in [0.717, 1.165) is 101 Å². The highest BCUT2D eigenvalue weighted by atomic mass is 35.5. The van der Waals surface area contributed by atoms with Gasteiger partial charge in [0.2, 0.25) is 22.4 Å². The van der Waals surface area contributed by atoms with Crippen LogP contribution in [0.5, 0.6) is 0 Å². The molecule has 0 spiro atoms. The Morgan fingerprint density at radius 1 is 0.448 bits per heavy atom. The third-order valence-corrected chi connectivity index (χ3v) is 21.2. The fraction of sp³-hybridized carbons (Fsp3) is 0.436. The smallest absolute Gasteiger partial charge is 0.410 e. The van der Waals surface area contributed by atoms with Gasteiger partial charge < -0.3 is 84.7 Å². The van der Waals surface area contributed by atoms with E-state index in [9.17, 15) is 58.6 Å². The van der Waals surface area contributed by atoms with E-state index >= 15 is 0 Å². The summed E-state index contributed by atoms with van der Waals surface area (Å²) in [5.41, 5.74) is 15.1. The molecular formula is C94H120Cl2N26O21. The Kier molecular flexibility index (Phi) is 39.1. The quantitative estimate of drug-likeness (QED) is 0.0111. The fourth-order valence-corrected chi connectivity index (χ4v) is 13.3. The maximum absolute atomic E-state index is 12.1. The van der Waals surface area contributed by atoms with Crippen LogP contribution in [0.2, 0.25) is 5.28 Å². The zero-order valence-electron chi connectivity index (χ0n) is 82.8. The number of hydrogen-bond donors (Lipinski definition) is 7. The number of likely N-dealkylation sites (tertiary alicyclic amines) is 4. The summed E-state index contributed by atoms with van der Waals surface area (Å²) >= 11 is 10.8. The number of nitrogens with two attached hydrogens (primary N) is 1. The van der Waals surface area contributed by atoms with E-state index in [2.05, 4.69) is 81.2 Å². The number of aliphatic hydroxyl groups is 2. The molecule has 17 rings (SSSR count). The zero-order valence-corrected chi connectivity index (χ0v) is 84.3. The van der Waals surface area contributed by atoms with Crippen LogP contribution in [0.15, 0.2) is 153 Å². The van der Waals surface area contributed by atoms with E-state index in [1.807, 2.05) is 129 Å². The molecule has 0 unspecified atom stereocenters. The molecule has 47 nitrogen and oxygen atoms in total. The first-order valence-electron chi connectivity index (χ1n) is 44.9. The van der Waals surface area contributed by atoms with Gasteiger partial charge in [0, 0.05) is 119 Å². The molecule has 143 heavy (non-hydrogen) atoms. The lowest BCUT2D eigenvalue weighted by Crippen LogP contribution is -2.54. The van der Waals surface area contributed by atoms with Crippen molar-refractivity contribution in [1.82, 2.24) is 104 Å². The molecule has 13 heterocycles. The standard InChI is InChI=1S/C24H28N6O4.C19H20N6O2.C13H11ClN2O2.C11H16N4O4.C11H18N4O2.C8H15NO3.C4H5ClO.C3H3N3O2.CH4O/c1-15-10-25-22(28-20(15)16-6-8-17(9-7-16)21(31)33-5)27-18-11-26-30(12-18)19-13-29(14-19)23(32)34-24(2,3)4;1-12-7-21-19(23-15-8-22-25(11-15)16-9-20-10-16)24-17(12)13-3-5-14(6-4-13)18(26)27-2;1-8-7-15-13(14)16-11(8)9-3-5-10(6-4-9)12(17)18-2;1-11(2,3)19-10(16)13-5-9(6-13)14-7-8(4-12-14)15(17)18;1-11(2,3)17-10(16)14-6-9(7-14)15-5-8(12)4-13-15;1-8(2,3)12-7(11)9-4-6(10)5-9;5-4(6)3-1-2-3;7-6(8)3-1-4-5-2-3;1-2/h6-12,19H,13-14H2,1-5H3,(H,25,27,28);3-8,11,16,20H,9-10H2,1-2H3,(H,21,23,24);3-7H,1-2H3;4,7,9H,5-6H2,1-3H3;4-5,9H,6-7,12H2,1-3H3;6,10H,4-5H2,1-3H3;3H,1-2H2;1-2H,(H,4,5);2H,1H3. The highest BCUT2D eigenvalue weighted by Crippen LogP contribution is 2.34. The van der Waals surface area contributed by atoms with Crippen LogP contribution < -0.4 is 21.7 Å². The Morgan fingerprint density at radius 3 is 1.06 bits per heavy atom. The Balaban J connectivity index is 0.000000190. The SMILES string of the molecule is CC(C)(C)OC(=O)N1CC(O)C1.CC(C)(C)OC(=O)N1CC(n2cc(N)cn2)C1.CC(C)(C)OC(=O)N1CC(n2cc([N+](=O)[O-])cn2)C1.CO.COC(=O)c1ccc(-c2nc(Cl)ncc2C)cc1.COC(=O)c1ccc(-c2nc(Nc3cnn(C4CN(C(=O)OC(C)(C)C)C4)c3)ncc2C)cc1.COC(=O)c1ccc(-c2nc(Nc3cnn(C4CNC4)c3)ncc2C)cc1.O=C(Cl)C1CC1.O=[N+]([O-])c1cn[nH]c1. The molecule has 49 heteroatoms. The Hall–Kier alpha value is -15.2. The molecule has 6 aliphatic rings. The molecule has 0 bridgehead atoms. The molecule has 11 aromatic rings. The number of aromatic nitrogens is 16. The molecule has 4 amide bonds. The van der Waals surface area contributed by atoms with Gasteiger partial charge >= 0.3 is 53.7 Å². The number of halogens is 2. The van der Waals surface area contributed by atoms with Crippen LogP contribution in [-0.2, 0) is 38.0 Å². The van der Waals surface area contributed by atoms with Gasteiger partial charge in [-0.2, -0.15) is 25.5 Å². The molecule has 8 aromatic heterocycles. The second-order valence-electron chi connectivity index (χ2n) is 36.9. The average molecular weight is 2020 g/mol. The van der Waals surface area contributed by atoms with Gasteiger partial charge in [0.15, 0.2) is 0 Å². The number of nitrogens with one attached hydrogen (secondary N) is 4. The molecule has 0 radical (unpaired) electrons. The molecule has 6 fully saturated rings. The van der Waals surface area contributed by atoms with Crippen molar-refractivity contribution >= 4 is 111 Å². The molecule has 5 saturated heterocycles. The van der Waals surface area contributed by atoms with Gasteiger partial charge in [0.1, 0.15) is 41.0 Å². The number of nitrogen functional groups attached to an aromatic ring is 1. The van der Waals surface area contributed by atoms with Crippen LogP contribution in [0.1, 0.15) is 168 Å². The number of amides is 4. The number of β-amino-alcohol motifs (C(OH)–C–C–N with tert-alkyl or cyclic N) is 1. The van der Waals surface area contributed by atoms with Gasteiger partial charge in [0.25, 0.3) is 0 Å². The van der Waals surface area contributed by atoms with Crippen molar-refractivity contribution in [3.63, 3.8) is 0 Å². The van der Waals surface area contributed by atoms with Gasteiger partial charge in [-0.15, -0.1) is 0 Å². The number of carbonyl (C=O) groups excluding carboxylic acids is 8. The normalized spacial score (nSPS) is 14.3. The number of ether oxygens (including phenoxy) is 7. The molecular weight excluding hydrogens is 1900 g/mol. The van der Waals surface area contributed by atoms with Crippen LogP contribution in [0.4, 0.5) is 59.5 Å². The lowest BCUT2D eigenvalue weighted by molar-refractivity contribution is -0.385. The molecule has 766 valence electrons.